The smallest absolute Gasteiger partial charge is 0.303 e. The Morgan fingerprint density at radius 2 is 2.14 bits per heavy atom. The molecule has 1 N–H and O–H groups in total. The molecule has 1 aliphatic heterocycles. The second kappa shape index (κ2) is 8.22. The number of aliphatic carboxylic acids is 1. The summed E-state index contributed by atoms with van der Waals surface area (Å²) in [6, 6.07) is 8.08. The Morgan fingerprint density at radius 3 is 2.86 bits per heavy atom. The molecule has 1 saturated heterocycles. The standard InChI is InChI=1S/C17H23NO3S/c1-13-5-2-3-7-15(13)22-12-16(19)18-10-4-6-14(11-18)8-9-17(20)21/h2-3,5,7,14H,4,6,8-12H2,1H3,(H,20,21). The van der Waals surface area contributed by atoms with Gasteiger partial charge in [-0.1, -0.05) is 18.2 Å². The maximum Gasteiger partial charge on any atom is 0.303 e. The van der Waals surface area contributed by atoms with Crippen molar-refractivity contribution >= 4 is 23.6 Å². The molecule has 1 fully saturated rings. The number of carboxylic acids is 1. The molecule has 5 heteroatoms. The molecule has 0 bridgehead atoms. The van der Waals surface area contributed by atoms with Crippen LogP contribution < -0.4 is 0 Å². The predicted molar refractivity (Wildman–Crippen MR) is 88.1 cm³/mol. The zero-order valence-electron chi connectivity index (χ0n) is 13.0. The Morgan fingerprint density at radius 1 is 1.36 bits per heavy atom. The van der Waals surface area contributed by atoms with Crippen molar-refractivity contribution in [2.75, 3.05) is 18.8 Å². The fourth-order valence-corrected chi connectivity index (χ4v) is 3.74. The predicted octanol–water partition coefficient (Wildman–Crippen LogP) is 3.19. The summed E-state index contributed by atoms with van der Waals surface area (Å²) in [4.78, 5) is 26.1. The maximum absolute atomic E-state index is 12.4. The number of rotatable bonds is 6. The van der Waals surface area contributed by atoms with E-state index in [1.807, 2.05) is 23.1 Å². The molecule has 1 atom stereocenters. The molecule has 0 saturated carbocycles. The summed E-state index contributed by atoms with van der Waals surface area (Å²) in [7, 11) is 0. The van der Waals surface area contributed by atoms with Gasteiger partial charge in [0.15, 0.2) is 0 Å². The molecule has 0 aromatic heterocycles. The summed E-state index contributed by atoms with van der Waals surface area (Å²) < 4.78 is 0. The molecular formula is C17H23NO3S. The summed E-state index contributed by atoms with van der Waals surface area (Å²) in [5.74, 6) is 0.195. The number of likely N-dealkylation sites (tertiary alicyclic amines) is 1. The van der Waals surface area contributed by atoms with Gasteiger partial charge in [0.1, 0.15) is 0 Å². The van der Waals surface area contributed by atoms with Crippen LogP contribution in [0.5, 0.6) is 0 Å². The van der Waals surface area contributed by atoms with Gasteiger partial charge in [0.05, 0.1) is 5.75 Å². The minimum Gasteiger partial charge on any atom is -0.481 e. The van der Waals surface area contributed by atoms with Gasteiger partial charge in [-0.15, -0.1) is 11.8 Å². The van der Waals surface area contributed by atoms with Crippen LogP contribution in [0, 0.1) is 12.8 Å². The van der Waals surface area contributed by atoms with E-state index < -0.39 is 5.97 Å². The zero-order valence-corrected chi connectivity index (χ0v) is 13.8. The van der Waals surface area contributed by atoms with Crippen molar-refractivity contribution in [3.05, 3.63) is 29.8 Å². The van der Waals surface area contributed by atoms with Gasteiger partial charge in [0.2, 0.25) is 5.91 Å². The molecule has 1 heterocycles. The second-order valence-electron chi connectivity index (χ2n) is 5.83. The van der Waals surface area contributed by atoms with Crippen LogP contribution in [0.3, 0.4) is 0 Å². The average Bonchev–Trinajstić information content (AvgIpc) is 2.52. The Bertz CT molecular complexity index is 532. The van der Waals surface area contributed by atoms with Crippen molar-refractivity contribution in [3.8, 4) is 0 Å². The van der Waals surface area contributed by atoms with E-state index in [2.05, 4.69) is 13.0 Å². The summed E-state index contributed by atoms with van der Waals surface area (Å²) in [5, 5.41) is 8.77. The summed E-state index contributed by atoms with van der Waals surface area (Å²) in [6.45, 7) is 3.56. The average molecular weight is 321 g/mol. The first-order valence-electron chi connectivity index (χ1n) is 7.74. The van der Waals surface area contributed by atoms with Gasteiger partial charge in [-0.2, -0.15) is 0 Å². The van der Waals surface area contributed by atoms with E-state index in [9.17, 15) is 9.59 Å². The number of hydrogen-bond donors (Lipinski definition) is 1. The van der Waals surface area contributed by atoms with Gasteiger partial charge >= 0.3 is 5.97 Å². The van der Waals surface area contributed by atoms with Crippen LogP contribution in [0.2, 0.25) is 0 Å². The second-order valence-corrected chi connectivity index (χ2v) is 6.85. The number of benzene rings is 1. The van der Waals surface area contributed by atoms with Gasteiger partial charge in [-0.25, -0.2) is 0 Å². The molecule has 22 heavy (non-hydrogen) atoms. The van der Waals surface area contributed by atoms with Crippen LogP contribution in [-0.2, 0) is 9.59 Å². The molecule has 0 aliphatic carbocycles. The Balaban J connectivity index is 1.81. The third-order valence-electron chi connectivity index (χ3n) is 4.08. The highest BCUT2D eigenvalue weighted by Crippen LogP contribution is 2.25. The molecule has 0 spiro atoms. The number of aryl methyl sites for hydroxylation is 1. The molecule has 1 aromatic rings. The first-order valence-corrected chi connectivity index (χ1v) is 8.73. The first-order chi connectivity index (χ1) is 10.6. The third kappa shape index (κ3) is 5.05. The van der Waals surface area contributed by atoms with Crippen molar-refractivity contribution in [2.45, 2.75) is 37.5 Å². The lowest BCUT2D eigenvalue weighted by Gasteiger charge is -2.32. The van der Waals surface area contributed by atoms with E-state index in [1.54, 1.807) is 11.8 Å². The fourth-order valence-electron chi connectivity index (χ4n) is 2.80. The Kier molecular flexibility index (Phi) is 6.31. The Labute approximate surface area is 135 Å². The molecule has 1 unspecified atom stereocenters. The highest BCUT2D eigenvalue weighted by molar-refractivity contribution is 8.00. The van der Waals surface area contributed by atoms with Crippen molar-refractivity contribution in [1.29, 1.82) is 0 Å². The number of amides is 1. The van der Waals surface area contributed by atoms with Gasteiger partial charge in [0.25, 0.3) is 0 Å². The van der Waals surface area contributed by atoms with Crippen molar-refractivity contribution in [2.24, 2.45) is 5.92 Å². The molecule has 120 valence electrons. The lowest BCUT2D eigenvalue weighted by molar-refractivity contribution is -0.137. The summed E-state index contributed by atoms with van der Waals surface area (Å²) >= 11 is 1.58. The summed E-state index contributed by atoms with van der Waals surface area (Å²) in [6.07, 6.45) is 2.88. The number of nitrogens with zero attached hydrogens (tertiary/aromatic N) is 1. The van der Waals surface area contributed by atoms with Crippen molar-refractivity contribution < 1.29 is 14.7 Å². The monoisotopic (exact) mass is 321 g/mol. The minimum atomic E-state index is -0.751. The number of piperidine rings is 1. The molecule has 1 aromatic carbocycles. The minimum absolute atomic E-state index is 0.160. The number of carbonyl (C=O) groups excluding carboxylic acids is 1. The van der Waals surface area contributed by atoms with Gasteiger partial charge < -0.3 is 10.0 Å². The van der Waals surface area contributed by atoms with E-state index in [-0.39, 0.29) is 12.3 Å². The molecule has 2 rings (SSSR count). The van der Waals surface area contributed by atoms with Gasteiger partial charge in [-0.3, -0.25) is 9.59 Å². The highest BCUT2D eigenvalue weighted by Gasteiger charge is 2.24. The lowest BCUT2D eigenvalue weighted by atomic mass is 9.93. The van der Waals surface area contributed by atoms with Crippen LogP contribution in [0.4, 0.5) is 0 Å². The zero-order chi connectivity index (χ0) is 15.9. The molecule has 4 nitrogen and oxygen atoms in total. The quantitative estimate of drug-likeness (QED) is 0.818. The molecule has 1 aliphatic rings. The number of carbonyl (C=O) groups is 2. The van der Waals surface area contributed by atoms with Gasteiger partial charge in [-0.05, 0) is 43.7 Å². The molecule has 1 amide bonds. The van der Waals surface area contributed by atoms with Crippen LogP contribution in [0.25, 0.3) is 0 Å². The third-order valence-corrected chi connectivity index (χ3v) is 5.24. The van der Waals surface area contributed by atoms with Crippen LogP contribution in [0.15, 0.2) is 29.2 Å². The Hall–Kier alpha value is -1.49. The molecular weight excluding hydrogens is 298 g/mol. The number of thioether (sulfide) groups is 1. The lowest BCUT2D eigenvalue weighted by Crippen LogP contribution is -2.41. The summed E-state index contributed by atoms with van der Waals surface area (Å²) in [5.41, 5.74) is 1.19. The fraction of sp³-hybridized carbons (Fsp3) is 0.529. The topological polar surface area (TPSA) is 57.6 Å². The maximum atomic E-state index is 12.4. The van der Waals surface area contributed by atoms with Crippen molar-refractivity contribution in [1.82, 2.24) is 4.90 Å². The van der Waals surface area contributed by atoms with Crippen molar-refractivity contribution in [3.63, 3.8) is 0 Å². The van der Waals surface area contributed by atoms with E-state index in [0.717, 1.165) is 24.3 Å². The van der Waals surface area contributed by atoms with Crippen LogP contribution in [0.1, 0.15) is 31.2 Å². The van der Waals surface area contributed by atoms with E-state index >= 15 is 0 Å². The van der Waals surface area contributed by atoms with E-state index in [4.69, 9.17) is 5.11 Å². The van der Waals surface area contributed by atoms with Crippen LogP contribution >= 0.6 is 11.8 Å². The molecule has 0 radical (unpaired) electrons. The first kappa shape index (κ1) is 16.9. The van der Waals surface area contributed by atoms with E-state index in [0.29, 0.717) is 24.6 Å². The highest BCUT2D eigenvalue weighted by atomic mass is 32.2. The number of carboxylic acid groups (broad SMARTS) is 1. The van der Waals surface area contributed by atoms with Gasteiger partial charge in [0, 0.05) is 24.4 Å². The largest absolute Gasteiger partial charge is 0.481 e. The number of hydrogen-bond acceptors (Lipinski definition) is 3. The van der Waals surface area contributed by atoms with E-state index in [1.165, 1.54) is 5.56 Å². The normalized spacial score (nSPS) is 18.2. The SMILES string of the molecule is Cc1ccccc1SCC(=O)N1CCCC(CCC(=O)O)C1. The van der Waals surface area contributed by atoms with Crippen LogP contribution in [-0.4, -0.2) is 40.7 Å².